The van der Waals surface area contributed by atoms with Gasteiger partial charge in [-0.25, -0.2) is 0 Å². The molecule has 1 aromatic heterocycles. The fourth-order valence-corrected chi connectivity index (χ4v) is 3.13. The highest BCUT2D eigenvalue weighted by atomic mass is 32.1. The summed E-state index contributed by atoms with van der Waals surface area (Å²) in [6.45, 7) is 0.995. The topological polar surface area (TPSA) is 61.4 Å². The van der Waals surface area contributed by atoms with Crippen LogP contribution in [0.25, 0.3) is 0 Å². The van der Waals surface area contributed by atoms with Crippen LogP contribution in [0, 0.1) is 0 Å². The molecule has 1 saturated carbocycles. The number of hydrogen-bond acceptors (Lipinski definition) is 4. The van der Waals surface area contributed by atoms with E-state index in [0.29, 0.717) is 11.3 Å². The summed E-state index contributed by atoms with van der Waals surface area (Å²) in [5, 5.41) is 9.91. The Labute approximate surface area is 145 Å². The Morgan fingerprint density at radius 2 is 2.04 bits per heavy atom. The van der Waals surface area contributed by atoms with Crippen LogP contribution in [-0.2, 0) is 11.3 Å². The first-order valence-corrected chi connectivity index (χ1v) is 8.95. The molecule has 2 aromatic rings. The van der Waals surface area contributed by atoms with Crippen LogP contribution in [0.4, 0.5) is 5.69 Å². The molecule has 1 aliphatic rings. The zero-order chi connectivity index (χ0) is 16.9. The third-order valence-corrected chi connectivity index (χ3v) is 4.54. The highest BCUT2D eigenvalue weighted by Gasteiger charge is 2.25. The van der Waals surface area contributed by atoms with Gasteiger partial charge in [-0.05, 0) is 54.4 Å². The maximum Gasteiger partial charge on any atom is 0.253 e. The first kappa shape index (κ1) is 16.7. The van der Waals surface area contributed by atoms with Crippen LogP contribution in [0.15, 0.2) is 41.1 Å². The van der Waals surface area contributed by atoms with Gasteiger partial charge in [0, 0.05) is 12.6 Å². The molecule has 0 bridgehead atoms. The third-order valence-electron chi connectivity index (χ3n) is 3.80. The van der Waals surface area contributed by atoms with Crippen LogP contribution < -0.4 is 10.6 Å². The van der Waals surface area contributed by atoms with Gasteiger partial charge in [0.1, 0.15) is 0 Å². The van der Waals surface area contributed by atoms with Crippen LogP contribution in [0.2, 0.25) is 0 Å². The smallest absolute Gasteiger partial charge is 0.253 e. The van der Waals surface area contributed by atoms with E-state index in [1.165, 1.54) is 5.56 Å². The Kier molecular flexibility index (Phi) is 5.27. The first-order chi connectivity index (χ1) is 11.6. The van der Waals surface area contributed by atoms with Crippen molar-refractivity contribution in [3.05, 3.63) is 52.2 Å². The van der Waals surface area contributed by atoms with Crippen LogP contribution in [0.1, 0.15) is 28.8 Å². The molecule has 1 heterocycles. The van der Waals surface area contributed by atoms with Gasteiger partial charge in [0.2, 0.25) is 5.91 Å². The van der Waals surface area contributed by atoms with Crippen molar-refractivity contribution in [1.29, 1.82) is 0 Å². The van der Waals surface area contributed by atoms with E-state index >= 15 is 0 Å². The lowest BCUT2D eigenvalue weighted by molar-refractivity contribution is -0.117. The lowest BCUT2D eigenvalue weighted by atomic mass is 10.1. The lowest BCUT2D eigenvalue weighted by Gasteiger charge is -2.16. The fraction of sp³-hybridized carbons (Fsp3) is 0.333. The molecule has 2 N–H and O–H groups in total. The molecule has 0 saturated heterocycles. The number of amides is 2. The van der Waals surface area contributed by atoms with Gasteiger partial charge in [-0.15, -0.1) is 0 Å². The number of nitrogens with one attached hydrogen (secondary N) is 2. The van der Waals surface area contributed by atoms with Gasteiger partial charge in [0.05, 0.1) is 17.8 Å². The third kappa shape index (κ3) is 4.66. The second-order valence-corrected chi connectivity index (χ2v) is 6.93. The number of hydrogen-bond donors (Lipinski definition) is 2. The zero-order valence-corrected chi connectivity index (χ0v) is 14.4. The summed E-state index contributed by atoms with van der Waals surface area (Å²) in [4.78, 5) is 26.5. The quantitative estimate of drug-likeness (QED) is 0.812. The summed E-state index contributed by atoms with van der Waals surface area (Å²) >= 11 is 1.65. The minimum absolute atomic E-state index is 0.125. The Balaban J connectivity index is 1.58. The molecule has 126 valence electrons. The van der Waals surface area contributed by atoms with Gasteiger partial charge in [-0.2, -0.15) is 11.3 Å². The summed E-state index contributed by atoms with van der Waals surface area (Å²) in [7, 11) is 1.91. The number of likely N-dealkylation sites (N-methyl/N-ethyl adjacent to an activating group) is 1. The zero-order valence-electron chi connectivity index (χ0n) is 13.6. The molecule has 24 heavy (non-hydrogen) atoms. The molecule has 0 atom stereocenters. The van der Waals surface area contributed by atoms with Crippen molar-refractivity contribution in [2.24, 2.45) is 0 Å². The predicted octanol–water partition coefficient (Wildman–Crippen LogP) is 2.71. The van der Waals surface area contributed by atoms with Crippen LogP contribution in [-0.4, -0.2) is 36.3 Å². The minimum atomic E-state index is -0.126. The molecular formula is C18H21N3O2S. The van der Waals surface area contributed by atoms with Gasteiger partial charge in [-0.1, -0.05) is 12.1 Å². The number of benzene rings is 1. The normalized spacial score (nSPS) is 13.8. The Morgan fingerprint density at radius 1 is 1.25 bits per heavy atom. The SMILES string of the molecule is CN(CC(=O)Nc1ccccc1C(=O)NC1CC1)Cc1ccsc1. The summed E-state index contributed by atoms with van der Waals surface area (Å²) in [6.07, 6.45) is 2.07. The average Bonchev–Trinajstić information content (AvgIpc) is 3.21. The van der Waals surface area contributed by atoms with Gasteiger partial charge in [0.25, 0.3) is 5.91 Å². The first-order valence-electron chi connectivity index (χ1n) is 8.01. The van der Waals surface area contributed by atoms with E-state index in [1.807, 2.05) is 23.4 Å². The number of thiophene rings is 1. The van der Waals surface area contributed by atoms with Crippen molar-refractivity contribution in [1.82, 2.24) is 10.2 Å². The number of nitrogens with zero attached hydrogens (tertiary/aromatic N) is 1. The molecular weight excluding hydrogens is 322 g/mol. The van der Waals surface area contributed by atoms with Crippen molar-refractivity contribution in [3.8, 4) is 0 Å². The van der Waals surface area contributed by atoms with E-state index in [1.54, 1.807) is 29.5 Å². The van der Waals surface area contributed by atoms with Crippen LogP contribution in [0.5, 0.6) is 0 Å². The fourth-order valence-electron chi connectivity index (χ4n) is 2.47. The van der Waals surface area contributed by atoms with Gasteiger partial charge >= 0.3 is 0 Å². The van der Waals surface area contributed by atoms with E-state index in [2.05, 4.69) is 22.1 Å². The minimum Gasteiger partial charge on any atom is -0.349 e. The molecule has 2 amide bonds. The summed E-state index contributed by atoms with van der Waals surface area (Å²) in [6, 6.07) is 9.47. The predicted molar refractivity (Wildman–Crippen MR) is 96.2 cm³/mol. The second kappa shape index (κ2) is 7.59. The molecule has 1 aromatic carbocycles. The number of rotatable bonds is 7. The number of carbonyl (C=O) groups is 2. The number of anilines is 1. The summed E-state index contributed by atoms with van der Waals surface area (Å²) < 4.78 is 0. The molecule has 0 spiro atoms. The van der Waals surface area contributed by atoms with Gasteiger partial charge in [-0.3, -0.25) is 14.5 Å². The Hall–Kier alpha value is -2.18. The molecule has 1 fully saturated rings. The van der Waals surface area contributed by atoms with Crippen molar-refractivity contribution in [3.63, 3.8) is 0 Å². The highest BCUT2D eigenvalue weighted by Crippen LogP contribution is 2.21. The van der Waals surface area contributed by atoms with Crippen molar-refractivity contribution >= 4 is 28.8 Å². The van der Waals surface area contributed by atoms with Crippen molar-refractivity contribution in [2.75, 3.05) is 18.9 Å². The van der Waals surface area contributed by atoms with Gasteiger partial charge in [0.15, 0.2) is 0 Å². The van der Waals surface area contributed by atoms with Crippen molar-refractivity contribution < 1.29 is 9.59 Å². The second-order valence-electron chi connectivity index (χ2n) is 6.15. The number of para-hydroxylation sites is 1. The van der Waals surface area contributed by atoms with Gasteiger partial charge < -0.3 is 10.6 Å². The van der Waals surface area contributed by atoms with E-state index in [4.69, 9.17) is 0 Å². The monoisotopic (exact) mass is 343 g/mol. The maximum absolute atomic E-state index is 12.3. The number of carbonyl (C=O) groups excluding carboxylic acids is 2. The largest absolute Gasteiger partial charge is 0.349 e. The molecule has 5 nitrogen and oxygen atoms in total. The van der Waals surface area contributed by atoms with E-state index < -0.39 is 0 Å². The Morgan fingerprint density at radius 3 is 2.75 bits per heavy atom. The average molecular weight is 343 g/mol. The molecule has 0 aliphatic heterocycles. The Bertz CT molecular complexity index is 711. The van der Waals surface area contributed by atoms with Crippen LogP contribution in [0.3, 0.4) is 0 Å². The molecule has 3 rings (SSSR count). The van der Waals surface area contributed by atoms with E-state index in [-0.39, 0.29) is 24.4 Å². The standard InChI is InChI=1S/C18H21N3O2S/c1-21(10-13-8-9-24-12-13)11-17(22)20-16-5-3-2-4-15(16)18(23)19-14-6-7-14/h2-5,8-9,12,14H,6-7,10-11H2,1H3,(H,19,23)(H,20,22). The molecule has 6 heteroatoms. The van der Waals surface area contributed by atoms with E-state index in [0.717, 1.165) is 19.4 Å². The summed E-state index contributed by atoms with van der Waals surface area (Å²) in [5.74, 6) is -0.251. The van der Waals surface area contributed by atoms with Crippen molar-refractivity contribution in [2.45, 2.75) is 25.4 Å². The lowest BCUT2D eigenvalue weighted by Crippen LogP contribution is -2.31. The molecule has 0 unspecified atom stereocenters. The maximum atomic E-state index is 12.3. The highest BCUT2D eigenvalue weighted by molar-refractivity contribution is 7.07. The van der Waals surface area contributed by atoms with Crippen LogP contribution >= 0.6 is 11.3 Å². The molecule has 0 radical (unpaired) electrons. The van der Waals surface area contributed by atoms with E-state index in [9.17, 15) is 9.59 Å². The molecule has 1 aliphatic carbocycles. The summed E-state index contributed by atoms with van der Waals surface area (Å²) in [5.41, 5.74) is 2.27.